The molecule has 164 valence electrons. The molecule has 1 atom stereocenters. The highest BCUT2D eigenvalue weighted by Crippen LogP contribution is 2.38. The van der Waals surface area contributed by atoms with Crippen molar-refractivity contribution in [2.45, 2.75) is 13.0 Å². The van der Waals surface area contributed by atoms with E-state index in [9.17, 15) is 28.1 Å². The summed E-state index contributed by atoms with van der Waals surface area (Å²) >= 11 is 0. The Hall–Kier alpha value is -3.47. The predicted molar refractivity (Wildman–Crippen MR) is 110 cm³/mol. The van der Waals surface area contributed by atoms with Crippen molar-refractivity contribution in [2.24, 2.45) is 0 Å². The van der Waals surface area contributed by atoms with Crippen LogP contribution in [-0.2, 0) is 9.84 Å². The average molecular weight is 448 g/mol. The lowest BCUT2D eigenvalue weighted by molar-refractivity contribution is -0.385. The summed E-state index contributed by atoms with van der Waals surface area (Å²) in [6.07, 6.45) is 0.980. The lowest BCUT2D eigenvalue weighted by atomic mass is 10.1. The summed E-state index contributed by atoms with van der Waals surface area (Å²) in [4.78, 5) is 37.5. The van der Waals surface area contributed by atoms with Crippen LogP contribution in [0.4, 0.5) is 5.69 Å². The van der Waals surface area contributed by atoms with Crippen molar-refractivity contribution in [3.8, 4) is 11.5 Å². The van der Waals surface area contributed by atoms with Gasteiger partial charge in [0, 0.05) is 12.3 Å². The van der Waals surface area contributed by atoms with Crippen molar-refractivity contribution < 1.29 is 32.4 Å². The first-order chi connectivity index (χ1) is 14.6. The number of nitro groups is 1. The van der Waals surface area contributed by atoms with Gasteiger partial charge in [0.15, 0.2) is 11.5 Å². The maximum absolute atomic E-state index is 13.1. The van der Waals surface area contributed by atoms with Crippen molar-refractivity contribution in [2.75, 3.05) is 25.7 Å². The van der Waals surface area contributed by atoms with E-state index in [4.69, 9.17) is 9.47 Å². The molecule has 0 bridgehead atoms. The van der Waals surface area contributed by atoms with Crippen molar-refractivity contribution >= 4 is 27.3 Å². The molecule has 0 N–H and O–H groups in total. The SMILES string of the molecule is CCOc1cc([C@@H](CS(C)(=O)=O)N2C(=O)c3cccc([N+](=O)[O-])c3C2=O)ccc1OC. The second-order valence-electron chi connectivity index (χ2n) is 6.89. The molecule has 0 spiro atoms. The molecule has 3 rings (SSSR count). The van der Waals surface area contributed by atoms with Crippen molar-refractivity contribution in [1.82, 2.24) is 4.90 Å². The maximum atomic E-state index is 13.1. The van der Waals surface area contributed by atoms with Gasteiger partial charge in [0.05, 0.1) is 36.0 Å². The van der Waals surface area contributed by atoms with Crippen LogP contribution >= 0.6 is 0 Å². The molecule has 0 saturated heterocycles. The van der Waals surface area contributed by atoms with E-state index >= 15 is 0 Å². The lowest BCUT2D eigenvalue weighted by Crippen LogP contribution is -2.37. The summed E-state index contributed by atoms with van der Waals surface area (Å²) in [7, 11) is -2.22. The Morgan fingerprint density at radius 3 is 2.42 bits per heavy atom. The number of hydrogen-bond acceptors (Lipinski definition) is 8. The Balaban J connectivity index is 2.16. The molecule has 0 fully saturated rings. The van der Waals surface area contributed by atoms with Crippen LogP contribution in [0.2, 0.25) is 0 Å². The number of amides is 2. The number of carbonyl (C=O) groups is 2. The van der Waals surface area contributed by atoms with E-state index in [1.807, 2.05) is 0 Å². The van der Waals surface area contributed by atoms with Crippen molar-refractivity contribution in [1.29, 1.82) is 0 Å². The number of rotatable bonds is 8. The Kier molecular flexibility index (Phi) is 5.98. The van der Waals surface area contributed by atoms with Gasteiger partial charge >= 0.3 is 0 Å². The quantitative estimate of drug-likeness (QED) is 0.341. The molecule has 2 amide bonds. The van der Waals surface area contributed by atoms with Gasteiger partial charge in [-0.3, -0.25) is 24.6 Å². The summed E-state index contributed by atoms with van der Waals surface area (Å²) in [6, 6.07) is 7.07. The van der Waals surface area contributed by atoms with Crippen LogP contribution in [0, 0.1) is 10.1 Å². The number of methoxy groups -OCH3 is 1. The first-order valence-electron chi connectivity index (χ1n) is 9.22. The van der Waals surface area contributed by atoms with E-state index in [2.05, 4.69) is 0 Å². The second kappa shape index (κ2) is 8.34. The van der Waals surface area contributed by atoms with E-state index < -0.39 is 44.1 Å². The summed E-state index contributed by atoms with van der Waals surface area (Å²) in [5.74, 6) is -1.59. The van der Waals surface area contributed by atoms with Gasteiger partial charge in [-0.1, -0.05) is 12.1 Å². The highest BCUT2D eigenvalue weighted by Gasteiger charge is 2.45. The van der Waals surface area contributed by atoms with E-state index in [-0.39, 0.29) is 11.1 Å². The third kappa shape index (κ3) is 4.22. The molecule has 2 aromatic rings. The van der Waals surface area contributed by atoms with E-state index in [0.29, 0.717) is 23.7 Å². The Labute approximate surface area is 178 Å². The smallest absolute Gasteiger partial charge is 0.282 e. The third-order valence-corrected chi connectivity index (χ3v) is 5.69. The number of fused-ring (bicyclic) bond motifs is 1. The van der Waals surface area contributed by atoms with E-state index in [0.717, 1.165) is 17.2 Å². The first kappa shape index (κ1) is 22.2. The minimum Gasteiger partial charge on any atom is -0.493 e. The van der Waals surface area contributed by atoms with E-state index in [1.165, 1.54) is 37.4 Å². The fourth-order valence-electron chi connectivity index (χ4n) is 3.50. The van der Waals surface area contributed by atoms with Crippen LogP contribution in [0.25, 0.3) is 0 Å². The molecule has 0 radical (unpaired) electrons. The van der Waals surface area contributed by atoms with Crippen LogP contribution in [0.15, 0.2) is 36.4 Å². The molecule has 0 unspecified atom stereocenters. The molecule has 0 aromatic heterocycles. The summed E-state index contributed by atoms with van der Waals surface area (Å²) in [5.41, 5.74) is -0.696. The molecular weight excluding hydrogens is 428 g/mol. The second-order valence-corrected chi connectivity index (χ2v) is 9.07. The van der Waals surface area contributed by atoms with Gasteiger partial charge in [-0.25, -0.2) is 8.42 Å². The van der Waals surface area contributed by atoms with Crippen LogP contribution in [0.3, 0.4) is 0 Å². The molecule has 1 heterocycles. The minimum absolute atomic E-state index is 0.142. The fourth-order valence-corrected chi connectivity index (χ4v) is 4.41. The van der Waals surface area contributed by atoms with Crippen molar-refractivity contribution in [3.63, 3.8) is 0 Å². The maximum Gasteiger partial charge on any atom is 0.282 e. The zero-order valence-electron chi connectivity index (χ0n) is 17.0. The first-order valence-corrected chi connectivity index (χ1v) is 11.3. The van der Waals surface area contributed by atoms with E-state index in [1.54, 1.807) is 6.92 Å². The van der Waals surface area contributed by atoms with Crippen molar-refractivity contribution in [3.05, 3.63) is 63.2 Å². The third-order valence-electron chi connectivity index (χ3n) is 4.77. The number of nitro benzene ring substituents is 1. The average Bonchev–Trinajstić information content (AvgIpc) is 2.96. The molecule has 0 aliphatic carbocycles. The largest absolute Gasteiger partial charge is 0.493 e. The molecule has 1 aliphatic heterocycles. The molecule has 0 saturated carbocycles. The van der Waals surface area contributed by atoms with Crippen LogP contribution in [-0.4, -0.2) is 55.8 Å². The van der Waals surface area contributed by atoms with Gasteiger partial charge in [-0.2, -0.15) is 0 Å². The standard InChI is InChI=1S/C20H20N2O8S/c1-4-30-17-10-12(8-9-16(17)29-2)15(11-31(3,27)28)21-19(23)13-6-5-7-14(22(25)26)18(13)20(21)24/h5-10,15H,4,11H2,1-3H3/t15-/m1/s1. The van der Waals surface area contributed by atoms with Gasteiger partial charge < -0.3 is 9.47 Å². The van der Waals surface area contributed by atoms with Gasteiger partial charge in [0.2, 0.25) is 0 Å². The molecule has 11 heteroatoms. The number of imide groups is 1. The monoisotopic (exact) mass is 448 g/mol. The number of ether oxygens (including phenoxy) is 2. The number of hydrogen-bond donors (Lipinski definition) is 0. The van der Waals surface area contributed by atoms with Gasteiger partial charge in [-0.15, -0.1) is 0 Å². The van der Waals surface area contributed by atoms with Gasteiger partial charge in [-0.05, 0) is 30.7 Å². The zero-order chi connectivity index (χ0) is 22.9. The van der Waals surface area contributed by atoms with Crippen LogP contribution < -0.4 is 9.47 Å². The molecule has 1 aliphatic rings. The Bertz CT molecular complexity index is 1180. The van der Waals surface area contributed by atoms with Gasteiger partial charge in [0.25, 0.3) is 17.5 Å². The van der Waals surface area contributed by atoms with Crippen LogP contribution in [0.1, 0.15) is 39.2 Å². The number of benzene rings is 2. The van der Waals surface area contributed by atoms with Gasteiger partial charge in [0.1, 0.15) is 15.4 Å². The molecule has 10 nitrogen and oxygen atoms in total. The Morgan fingerprint density at radius 2 is 1.84 bits per heavy atom. The highest BCUT2D eigenvalue weighted by molar-refractivity contribution is 7.90. The highest BCUT2D eigenvalue weighted by atomic mass is 32.2. The summed E-state index contributed by atoms with van der Waals surface area (Å²) in [5, 5.41) is 11.4. The lowest BCUT2D eigenvalue weighted by Gasteiger charge is -2.26. The minimum atomic E-state index is -3.66. The number of carbonyl (C=O) groups excluding carboxylic acids is 2. The fraction of sp³-hybridized carbons (Fsp3) is 0.300. The number of sulfone groups is 1. The summed E-state index contributed by atoms with van der Waals surface area (Å²) in [6.45, 7) is 2.05. The molecular formula is C20H20N2O8S. The summed E-state index contributed by atoms with van der Waals surface area (Å²) < 4.78 is 35.1. The topological polar surface area (TPSA) is 133 Å². The molecule has 2 aromatic carbocycles. The molecule has 31 heavy (non-hydrogen) atoms. The normalized spacial score (nSPS) is 14.4. The Morgan fingerprint density at radius 1 is 1.13 bits per heavy atom. The zero-order valence-corrected chi connectivity index (χ0v) is 17.8. The predicted octanol–water partition coefficient (Wildman–Crippen LogP) is 2.38. The van der Waals surface area contributed by atoms with Crippen LogP contribution in [0.5, 0.6) is 11.5 Å². The number of nitrogens with zero attached hydrogens (tertiary/aromatic N) is 2.